The fourth-order valence-corrected chi connectivity index (χ4v) is 5.67. The van der Waals surface area contributed by atoms with E-state index in [-0.39, 0.29) is 11.4 Å². The predicted molar refractivity (Wildman–Crippen MR) is 153 cm³/mol. The molecule has 39 heavy (non-hydrogen) atoms. The van der Waals surface area contributed by atoms with Gasteiger partial charge in [-0.25, -0.2) is 13.8 Å². The molecule has 0 aliphatic rings. The van der Waals surface area contributed by atoms with Gasteiger partial charge in [-0.05, 0) is 68.8 Å². The highest BCUT2D eigenvalue weighted by Gasteiger charge is 2.27. The first-order valence-corrected chi connectivity index (χ1v) is 13.9. The molecule has 0 atom stereocenters. The number of carbonyl (C=O) groups is 1. The number of rotatable bonds is 10. The van der Waals surface area contributed by atoms with E-state index in [0.717, 1.165) is 32.5 Å². The molecule has 1 heterocycles. The summed E-state index contributed by atoms with van der Waals surface area (Å²) in [6.07, 6.45) is 1.57. The van der Waals surface area contributed by atoms with Crippen molar-refractivity contribution in [3.63, 3.8) is 0 Å². The van der Waals surface area contributed by atoms with E-state index in [2.05, 4.69) is 39.4 Å². The molecule has 0 aliphatic carbocycles. The highest BCUT2D eigenvalue weighted by molar-refractivity contribution is 7.89. The Kier molecular flexibility index (Phi) is 8.63. The number of ether oxygens (including phenoxy) is 1. The smallest absolute Gasteiger partial charge is 0.255 e. The number of hydrogen-bond donors (Lipinski definition) is 1. The molecule has 4 rings (SSSR count). The molecule has 202 valence electrons. The normalized spacial score (nSPS) is 11.7. The minimum Gasteiger partial charge on any atom is -0.497 e. The first-order valence-electron chi connectivity index (χ1n) is 12.4. The number of carbonyl (C=O) groups excluding carboxylic acids is 1. The van der Waals surface area contributed by atoms with Gasteiger partial charge in [-0.3, -0.25) is 4.79 Å². The lowest BCUT2D eigenvalue weighted by atomic mass is 10.2. The first kappa shape index (κ1) is 27.8. The van der Waals surface area contributed by atoms with Crippen molar-refractivity contribution in [2.75, 3.05) is 13.7 Å². The summed E-state index contributed by atoms with van der Waals surface area (Å²) in [6, 6.07) is 25.4. The van der Waals surface area contributed by atoms with Crippen LogP contribution in [0.25, 0.3) is 5.69 Å². The van der Waals surface area contributed by atoms with Gasteiger partial charge in [-0.15, -0.1) is 0 Å². The lowest BCUT2D eigenvalue weighted by Crippen LogP contribution is -2.39. The van der Waals surface area contributed by atoms with Crippen molar-refractivity contribution < 1.29 is 17.9 Å². The number of methoxy groups -OCH3 is 1. The van der Waals surface area contributed by atoms with Crippen LogP contribution < -0.4 is 10.2 Å². The summed E-state index contributed by atoms with van der Waals surface area (Å²) in [5, 5.41) is 4.13. The molecule has 0 fully saturated rings. The number of aromatic nitrogens is 1. The molecule has 0 saturated carbocycles. The summed E-state index contributed by atoms with van der Waals surface area (Å²) in [7, 11) is -2.47. The first-order chi connectivity index (χ1) is 18.7. The van der Waals surface area contributed by atoms with Gasteiger partial charge < -0.3 is 9.30 Å². The second-order valence-corrected chi connectivity index (χ2v) is 11.2. The van der Waals surface area contributed by atoms with Crippen LogP contribution in [0.3, 0.4) is 0 Å². The van der Waals surface area contributed by atoms with Crippen molar-refractivity contribution in [2.45, 2.75) is 32.2 Å². The molecule has 0 aliphatic heterocycles. The highest BCUT2D eigenvalue weighted by atomic mass is 32.2. The number of sulfonamides is 1. The Morgan fingerprint density at radius 2 is 1.64 bits per heavy atom. The second-order valence-electron chi connectivity index (χ2n) is 9.22. The summed E-state index contributed by atoms with van der Waals surface area (Å²) in [5.41, 5.74) is 8.32. The third-order valence-corrected chi connectivity index (χ3v) is 8.18. The Morgan fingerprint density at radius 1 is 0.974 bits per heavy atom. The van der Waals surface area contributed by atoms with Gasteiger partial charge in [0.2, 0.25) is 10.0 Å². The number of benzene rings is 3. The molecule has 0 radical (unpaired) electrons. The van der Waals surface area contributed by atoms with E-state index in [1.807, 2.05) is 57.2 Å². The maximum Gasteiger partial charge on any atom is 0.255 e. The van der Waals surface area contributed by atoms with Gasteiger partial charge in [0, 0.05) is 29.2 Å². The van der Waals surface area contributed by atoms with Gasteiger partial charge in [0.05, 0.1) is 24.8 Å². The number of nitrogens with zero attached hydrogens (tertiary/aromatic N) is 3. The number of aryl methyl sites for hydroxylation is 2. The summed E-state index contributed by atoms with van der Waals surface area (Å²) in [6.45, 7) is 5.67. The Hall–Kier alpha value is -4.21. The zero-order chi connectivity index (χ0) is 28.0. The van der Waals surface area contributed by atoms with Crippen LogP contribution in [0, 0.1) is 20.8 Å². The molecule has 1 aromatic heterocycles. The molecule has 0 unspecified atom stereocenters. The maximum absolute atomic E-state index is 13.5. The third-order valence-electron chi connectivity index (χ3n) is 6.37. The van der Waals surface area contributed by atoms with Crippen LogP contribution in [-0.4, -0.2) is 43.1 Å². The molecule has 4 aromatic rings. The largest absolute Gasteiger partial charge is 0.497 e. The topological polar surface area (TPSA) is 93.0 Å². The molecule has 3 aromatic carbocycles. The van der Waals surface area contributed by atoms with Gasteiger partial charge >= 0.3 is 0 Å². The Balaban J connectivity index is 1.51. The molecular formula is C30H32N4O4S. The maximum atomic E-state index is 13.5. The van der Waals surface area contributed by atoms with E-state index >= 15 is 0 Å². The fourth-order valence-electron chi connectivity index (χ4n) is 4.29. The number of hydrogen-bond acceptors (Lipinski definition) is 5. The van der Waals surface area contributed by atoms with E-state index in [1.165, 1.54) is 24.8 Å². The third kappa shape index (κ3) is 6.63. The van der Waals surface area contributed by atoms with Crippen molar-refractivity contribution in [3.05, 3.63) is 113 Å². The summed E-state index contributed by atoms with van der Waals surface area (Å²) >= 11 is 0. The van der Waals surface area contributed by atoms with E-state index in [9.17, 15) is 13.2 Å². The van der Waals surface area contributed by atoms with Gasteiger partial charge in [-0.1, -0.05) is 48.0 Å². The predicted octanol–water partition coefficient (Wildman–Crippen LogP) is 4.75. The Labute approximate surface area is 229 Å². The van der Waals surface area contributed by atoms with Crippen LogP contribution in [0.15, 0.2) is 94.9 Å². The van der Waals surface area contributed by atoms with Crippen molar-refractivity contribution in [2.24, 2.45) is 5.10 Å². The lowest BCUT2D eigenvalue weighted by Gasteiger charge is -2.21. The fraction of sp³-hybridized carbons (Fsp3) is 0.200. The van der Waals surface area contributed by atoms with Crippen LogP contribution in [-0.2, 0) is 21.4 Å². The molecule has 1 N–H and O–H groups in total. The van der Waals surface area contributed by atoms with Gasteiger partial charge in [0.1, 0.15) is 5.75 Å². The average Bonchev–Trinajstić information content (AvgIpc) is 3.22. The van der Waals surface area contributed by atoms with Crippen molar-refractivity contribution >= 4 is 22.1 Å². The standard InChI is InChI=1S/C30H32N4O4S/c1-22-10-12-27(13-11-22)34-23(2)18-26(24(34)3)19-31-32-30(35)21-33(20-25-8-6-5-7-9-25)39(36,37)29-16-14-28(38-4)15-17-29/h5-19H,20-21H2,1-4H3,(H,32,35)/b31-19-. The number of hydrazone groups is 1. The molecule has 1 amide bonds. The average molecular weight is 545 g/mol. The summed E-state index contributed by atoms with van der Waals surface area (Å²) in [5.74, 6) is -0.0102. The second kappa shape index (κ2) is 12.1. The zero-order valence-corrected chi connectivity index (χ0v) is 23.3. The molecule has 0 spiro atoms. The minimum atomic E-state index is -3.98. The van der Waals surface area contributed by atoms with Gasteiger partial charge in [0.15, 0.2) is 0 Å². The van der Waals surface area contributed by atoms with E-state index in [1.54, 1.807) is 18.3 Å². The van der Waals surface area contributed by atoms with Crippen LogP contribution in [0.4, 0.5) is 0 Å². The Bertz CT molecular complexity index is 1560. The number of nitrogens with one attached hydrogen (secondary N) is 1. The van der Waals surface area contributed by atoms with Gasteiger partial charge in [-0.2, -0.15) is 9.41 Å². The SMILES string of the molecule is COc1ccc(S(=O)(=O)N(CC(=O)N/N=C\c2cc(C)n(-c3ccc(C)cc3)c2C)Cc2ccccc2)cc1. The molecular weight excluding hydrogens is 512 g/mol. The van der Waals surface area contributed by atoms with E-state index < -0.39 is 22.5 Å². The van der Waals surface area contributed by atoms with Crippen molar-refractivity contribution in [1.29, 1.82) is 0 Å². The van der Waals surface area contributed by atoms with Crippen molar-refractivity contribution in [1.82, 2.24) is 14.3 Å². The molecule has 8 nitrogen and oxygen atoms in total. The molecule has 0 saturated heterocycles. The summed E-state index contributed by atoms with van der Waals surface area (Å²) in [4.78, 5) is 12.9. The van der Waals surface area contributed by atoms with Crippen LogP contribution in [0.2, 0.25) is 0 Å². The quantitative estimate of drug-likeness (QED) is 0.230. The zero-order valence-electron chi connectivity index (χ0n) is 22.5. The van der Waals surface area contributed by atoms with E-state index in [0.29, 0.717) is 5.75 Å². The molecule has 9 heteroatoms. The Morgan fingerprint density at radius 3 is 2.28 bits per heavy atom. The van der Waals surface area contributed by atoms with Crippen LogP contribution >= 0.6 is 0 Å². The van der Waals surface area contributed by atoms with Crippen molar-refractivity contribution in [3.8, 4) is 11.4 Å². The van der Waals surface area contributed by atoms with E-state index in [4.69, 9.17) is 4.74 Å². The lowest BCUT2D eigenvalue weighted by molar-refractivity contribution is -0.121. The van der Waals surface area contributed by atoms with Crippen LogP contribution in [0.5, 0.6) is 5.75 Å². The number of amides is 1. The van der Waals surface area contributed by atoms with Gasteiger partial charge in [0.25, 0.3) is 5.91 Å². The molecule has 0 bridgehead atoms. The minimum absolute atomic E-state index is 0.0318. The monoisotopic (exact) mass is 544 g/mol. The van der Waals surface area contributed by atoms with Crippen LogP contribution in [0.1, 0.15) is 28.1 Å². The highest BCUT2D eigenvalue weighted by Crippen LogP contribution is 2.22. The summed E-state index contributed by atoms with van der Waals surface area (Å²) < 4.78 is 35.3.